The van der Waals surface area contributed by atoms with Crippen molar-refractivity contribution >= 4 is 5.91 Å². The molecule has 2 rings (SSSR count). The van der Waals surface area contributed by atoms with Crippen molar-refractivity contribution in [2.45, 2.75) is 26.7 Å². The quantitative estimate of drug-likeness (QED) is 0.684. The van der Waals surface area contributed by atoms with Crippen molar-refractivity contribution in [3.05, 3.63) is 0 Å². The van der Waals surface area contributed by atoms with E-state index in [1.165, 1.54) is 12.8 Å². The van der Waals surface area contributed by atoms with E-state index in [4.69, 9.17) is 5.73 Å². The van der Waals surface area contributed by atoms with Crippen LogP contribution in [0.15, 0.2) is 0 Å². The summed E-state index contributed by atoms with van der Waals surface area (Å²) >= 11 is 0. The zero-order chi connectivity index (χ0) is 10.3. The number of nitrogens with two attached hydrogens (primary N) is 1. The van der Waals surface area contributed by atoms with E-state index in [2.05, 4.69) is 19.2 Å². The van der Waals surface area contributed by atoms with Crippen molar-refractivity contribution in [1.82, 2.24) is 5.32 Å². The first-order valence-corrected chi connectivity index (χ1v) is 5.55. The van der Waals surface area contributed by atoms with Crippen LogP contribution < -0.4 is 11.1 Å². The summed E-state index contributed by atoms with van der Waals surface area (Å²) in [6.45, 7) is 6.31. The Balaban J connectivity index is 2.02. The van der Waals surface area contributed by atoms with Crippen LogP contribution >= 0.6 is 0 Å². The summed E-state index contributed by atoms with van der Waals surface area (Å²) < 4.78 is 0. The number of nitrogens with one attached hydrogen (secondary N) is 1. The number of carbonyl (C=O) groups is 1. The molecule has 1 atom stereocenters. The highest BCUT2D eigenvalue weighted by atomic mass is 16.1. The van der Waals surface area contributed by atoms with Crippen LogP contribution in [0.25, 0.3) is 0 Å². The van der Waals surface area contributed by atoms with Gasteiger partial charge in [0.25, 0.3) is 0 Å². The molecule has 0 radical (unpaired) electrons. The Morgan fingerprint density at radius 1 is 1.50 bits per heavy atom. The normalized spacial score (nSPS) is 41.6. The van der Waals surface area contributed by atoms with Crippen LogP contribution in [0.5, 0.6) is 0 Å². The van der Waals surface area contributed by atoms with Crippen LogP contribution in [0.3, 0.4) is 0 Å². The van der Waals surface area contributed by atoms with Gasteiger partial charge < -0.3 is 11.1 Å². The van der Waals surface area contributed by atoms with Gasteiger partial charge in [0, 0.05) is 13.1 Å². The monoisotopic (exact) mass is 196 g/mol. The molecule has 0 aromatic rings. The van der Waals surface area contributed by atoms with E-state index in [0.717, 1.165) is 24.9 Å². The van der Waals surface area contributed by atoms with Gasteiger partial charge in [-0.15, -0.1) is 0 Å². The molecule has 80 valence electrons. The lowest BCUT2D eigenvalue weighted by atomic mass is 9.54. The molecule has 14 heavy (non-hydrogen) atoms. The van der Waals surface area contributed by atoms with E-state index in [9.17, 15) is 4.79 Å². The molecule has 0 aromatic heterocycles. The van der Waals surface area contributed by atoms with Crippen LogP contribution in [0, 0.1) is 23.2 Å². The first kappa shape index (κ1) is 9.97. The summed E-state index contributed by atoms with van der Waals surface area (Å²) in [6, 6.07) is 0. The zero-order valence-electron chi connectivity index (χ0n) is 9.05. The third-order valence-electron chi connectivity index (χ3n) is 4.19. The number of amides is 1. The van der Waals surface area contributed by atoms with E-state index in [1.807, 2.05) is 0 Å². The topological polar surface area (TPSA) is 55.1 Å². The lowest BCUT2D eigenvalue weighted by Crippen LogP contribution is -2.49. The lowest BCUT2D eigenvalue weighted by molar-refractivity contribution is -0.128. The van der Waals surface area contributed by atoms with Gasteiger partial charge in [-0.3, -0.25) is 4.79 Å². The number of hydrogen-bond donors (Lipinski definition) is 2. The summed E-state index contributed by atoms with van der Waals surface area (Å²) in [5, 5.41) is 3.31. The molecule has 1 spiro atoms. The minimum atomic E-state index is -0.114. The predicted octanol–water partition coefficient (Wildman–Crippen LogP) is 0.744. The molecular formula is C11H20N2O. The van der Waals surface area contributed by atoms with Crippen molar-refractivity contribution in [2.24, 2.45) is 28.9 Å². The molecular weight excluding hydrogens is 176 g/mol. The Labute approximate surface area is 85.4 Å². The summed E-state index contributed by atoms with van der Waals surface area (Å²) in [6.07, 6.45) is 2.37. The van der Waals surface area contributed by atoms with Gasteiger partial charge in [-0.25, -0.2) is 0 Å². The highest BCUT2D eigenvalue weighted by Gasteiger charge is 2.54. The van der Waals surface area contributed by atoms with Gasteiger partial charge in [0.1, 0.15) is 0 Å². The molecule has 3 N–H and O–H groups in total. The second-order valence-electron chi connectivity index (χ2n) is 5.36. The fourth-order valence-electron chi connectivity index (χ4n) is 3.09. The smallest absolute Gasteiger partial charge is 0.222 e. The SMILES string of the molecule is CC(C)C1CC2(CNCC2C(N)=O)C1. The number of hydrogen-bond acceptors (Lipinski definition) is 2. The molecule has 2 fully saturated rings. The highest BCUT2D eigenvalue weighted by molar-refractivity contribution is 5.78. The Kier molecular flexibility index (Phi) is 2.30. The van der Waals surface area contributed by atoms with E-state index in [0.29, 0.717) is 0 Å². The maximum atomic E-state index is 11.3. The van der Waals surface area contributed by atoms with Gasteiger partial charge in [0.05, 0.1) is 5.92 Å². The Bertz CT molecular complexity index is 244. The largest absolute Gasteiger partial charge is 0.369 e. The van der Waals surface area contributed by atoms with Crippen molar-refractivity contribution in [3.8, 4) is 0 Å². The average molecular weight is 196 g/mol. The molecule has 1 aliphatic carbocycles. The number of carbonyl (C=O) groups excluding carboxylic acids is 1. The van der Waals surface area contributed by atoms with Gasteiger partial charge in [0.15, 0.2) is 0 Å². The predicted molar refractivity (Wildman–Crippen MR) is 55.5 cm³/mol. The lowest BCUT2D eigenvalue weighted by Gasteiger charge is -2.49. The summed E-state index contributed by atoms with van der Waals surface area (Å²) in [5.41, 5.74) is 5.65. The number of primary amides is 1. The highest BCUT2D eigenvalue weighted by Crippen LogP contribution is 2.54. The van der Waals surface area contributed by atoms with Gasteiger partial charge in [-0.05, 0) is 30.1 Å². The average Bonchev–Trinajstić information content (AvgIpc) is 2.43. The van der Waals surface area contributed by atoms with Gasteiger partial charge in [-0.2, -0.15) is 0 Å². The van der Waals surface area contributed by atoms with E-state index >= 15 is 0 Å². The maximum Gasteiger partial charge on any atom is 0.222 e. The summed E-state index contributed by atoms with van der Waals surface area (Å²) in [4.78, 5) is 11.3. The van der Waals surface area contributed by atoms with E-state index in [-0.39, 0.29) is 17.2 Å². The zero-order valence-corrected chi connectivity index (χ0v) is 9.05. The van der Waals surface area contributed by atoms with Crippen molar-refractivity contribution in [3.63, 3.8) is 0 Å². The molecule has 3 nitrogen and oxygen atoms in total. The molecule has 0 aromatic carbocycles. The fourth-order valence-corrected chi connectivity index (χ4v) is 3.09. The molecule has 1 saturated heterocycles. The van der Waals surface area contributed by atoms with Crippen LogP contribution in [-0.4, -0.2) is 19.0 Å². The van der Waals surface area contributed by atoms with Gasteiger partial charge in [0.2, 0.25) is 5.91 Å². The summed E-state index contributed by atoms with van der Waals surface area (Å²) in [5.74, 6) is 1.52. The third-order valence-corrected chi connectivity index (χ3v) is 4.19. The first-order chi connectivity index (χ1) is 6.55. The number of rotatable bonds is 2. The van der Waals surface area contributed by atoms with E-state index in [1.54, 1.807) is 0 Å². The van der Waals surface area contributed by atoms with Crippen LogP contribution in [0.1, 0.15) is 26.7 Å². The Morgan fingerprint density at radius 2 is 2.14 bits per heavy atom. The molecule has 1 aliphatic heterocycles. The Hall–Kier alpha value is -0.570. The van der Waals surface area contributed by atoms with E-state index < -0.39 is 0 Å². The van der Waals surface area contributed by atoms with Crippen LogP contribution in [-0.2, 0) is 4.79 Å². The van der Waals surface area contributed by atoms with Crippen molar-refractivity contribution in [1.29, 1.82) is 0 Å². The maximum absolute atomic E-state index is 11.3. The molecule has 0 bridgehead atoms. The van der Waals surface area contributed by atoms with Gasteiger partial charge >= 0.3 is 0 Å². The summed E-state index contributed by atoms with van der Waals surface area (Å²) in [7, 11) is 0. The molecule has 1 amide bonds. The molecule has 2 aliphatic rings. The first-order valence-electron chi connectivity index (χ1n) is 5.55. The third kappa shape index (κ3) is 1.34. The van der Waals surface area contributed by atoms with Crippen LogP contribution in [0.4, 0.5) is 0 Å². The molecule has 3 heteroatoms. The second-order valence-corrected chi connectivity index (χ2v) is 5.36. The molecule has 1 unspecified atom stereocenters. The fraction of sp³-hybridized carbons (Fsp3) is 0.909. The second kappa shape index (κ2) is 3.23. The molecule has 1 saturated carbocycles. The van der Waals surface area contributed by atoms with Crippen molar-refractivity contribution < 1.29 is 4.79 Å². The minimum absolute atomic E-state index is 0.0810. The van der Waals surface area contributed by atoms with Gasteiger partial charge in [-0.1, -0.05) is 13.8 Å². The standard InChI is InChI=1S/C11H20N2O/c1-7(2)8-3-11(4-8)6-13-5-9(11)10(12)14/h7-9,13H,3-6H2,1-2H3,(H2,12,14). The molecule has 1 heterocycles. The minimum Gasteiger partial charge on any atom is -0.369 e. The Morgan fingerprint density at radius 3 is 2.64 bits per heavy atom. The van der Waals surface area contributed by atoms with Crippen molar-refractivity contribution in [2.75, 3.05) is 13.1 Å². The van der Waals surface area contributed by atoms with Crippen LogP contribution in [0.2, 0.25) is 0 Å².